The molecule has 1 heterocycles. The fourth-order valence-corrected chi connectivity index (χ4v) is 2.11. The maximum atomic E-state index is 11.9. The van der Waals surface area contributed by atoms with Gasteiger partial charge in [-0.2, -0.15) is 18.3 Å². The number of rotatable bonds is 7. The average Bonchev–Trinajstić information content (AvgIpc) is 2.61. The van der Waals surface area contributed by atoms with E-state index in [1.54, 1.807) is 4.68 Å². The van der Waals surface area contributed by atoms with Crippen molar-refractivity contribution in [3.8, 4) is 0 Å². The van der Waals surface area contributed by atoms with Gasteiger partial charge in [0.1, 0.15) is 12.4 Å². The molecule has 0 radical (unpaired) electrons. The third-order valence-corrected chi connectivity index (χ3v) is 3.64. The molecule has 0 N–H and O–H groups in total. The van der Waals surface area contributed by atoms with Gasteiger partial charge in [0.05, 0.1) is 22.5 Å². The average molecular weight is 357 g/mol. The van der Waals surface area contributed by atoms with Crippen molar-refractivity contribution in [2.45, 2.75) is 39.4 Å². The lowest BCUT2D eigenvalue weighted by atomic mass is 10.1. The number of ether oxygens (including phenoxy) is 1. The lowest BCUT2D eigenvalue weighted by molar-refractivity contribution is -0.174. The molecule has 1 aromatic rings. The Morgan fingerprint density at radius 1 is 1.45 bits per heavy atom. The van der Waals surface area contributed by atoms with Gasteiger partial charge in [-0.15, -0.1) is 0 Å². The van der Waals surface area contributed by atoms with Crippen molar-refractivity contribution in [1.82, 2.24) is 9.78 Å². The summed E-state index contributed by atoms with van der Waals surface area (Å²) < 4.78 is 42.4. The van der Waals surface area contributed by atoms with Crippen molar-refractivity contribution in [1.29, 1.82) is 0 Å². The summed E-state index contributed by atoms with van der Waals surface area (Å²) in [6.45, 7) is 2.79. The Hall–Kier alpha value is -0.890. The van der Waals surface area contributed by atoms with Crippen LogP contribution < -0.4 is 0 Å². The molecule has 0 bridgehead atoms. The number of aromatic nitrogens is 2. The topological polar surface area (TPSA) is 44.1 Å². The molecule has 1 rings (SSSR count). The first-order valence-corrected chi connectivity index (χ1v) is 6.92. The monoisotopic (exact) mass is 356 g/mol. The molecule has 0 fully saturated rings. The summed E-state index contributed by atoms with van der Waals surface area (Å²) in [7, 11) is 0. The Bertz CT molecular complexity index is 472. The molecule has 0 aliphatic carbocycles. The number of carbonyl (C=O) groups excluding carboxylic acids is 1. The van der Waals surface area contributed by atoms with E-state index in [0.29, 0.717) is 6.54 Å². The lowest BCUT2D eigenvalue weighted by Gasteiger charge is -2.08. The van der Waals surface area contributed by atoms with Crippen molar-refractivity contribution in [2.24, 2.45) is 0 Å². The fourth-order valence-electron chi connectivity index (χ4n) is 1.69. The van der Waals surface area contributed by atoms with Gasteiger partial charge in [0.15, 0.2) is 0 Å². The van der Waals surface area contributed by atoms with E-state index in [0.717, 1.165) is 15.9 Å². The Morgan fingerprint density at radius 2 is 2.10 bits per heavy atom. The second kappa shape index (κ2) is 7.21. The molecule has 0 saturated heterocycles. The van der Waals surface area contributed by atoms with Crippen LogP contribution in [0.1, 0.15) is 24.7 Å². The van der Waals surface area contributed by atoms with Crippen LogP contribution in [0, 0.1) is 6.92 Å². The second-order valence-corrected chi connectivity index (χ2v) is 5.09. The summed E-state index contributed by atoms with van der Waals surface area (Å²) in [6, 6.07) is 0. The first-order valence-electron chi connectivity index (χ1n) is 6.12. The Labute approximate surface area is 123 Å². The first kappa shape index (κ1) is 17.2. The van der Waals surface area contributed by atoms with Crippen LogP contribution in [0.2, 0.25) is 0 Å². The van der Waals surface area contributed by atoms with Crippen LogP contribution >= 0.6 is 15.9 Å². The maximum absolute atomic E-state index is 11.9. The zero-order chi connectivity index (χ0) is 15.3. The molecule has 0 amide bonds. The van der Waals surface area contributed by atoms with E-state index in [4.69, 9.17) is 0 Å². The minimum Gasteiger partial charge on any atom is -0.372 e. The van der Waals surface area contributed by atoms with Gasteiger partial charge in [0.2, 0.25) is 0 Å². The zero-order valence-corrected chi connectivity index (χ0v) is 12.8. The number of nitrogens with zero attached hydrogens (tertiary/aromatic N) is 2. The Balaban J connectivity index is 2.47. The number of ketones is 1. The normalized spacial score (nSPS) is 11.9. The third kappa shape index (κ3) is 5.24. The van der Waals surface area contributed by atoms with Crippen LogP contribution in [0.5, 0.6) is 0 Å². The van der Waals surface area contributed by atoms with Crippen LogP contribution in [0.3, 0.4) is 0 Å². The standard InChI is InChI=1S/C12H16BrF3N2O2/c1-3-18-10(11(13)8(2)17-18)6-9(19)4-5-20-7-12(14,15)16/h3-7H2,1-2H3. The van der Waals surface area contributed by atoms with E-state index in [1.165, 1.54) is 0 Å². The van der Waals surface area contributed by atoms with E-state index in [2.05, 4.69) is 25.8 Å². The molecule has 0 saturated carbocycles. The summed E-state index contributed by atoms with van der Waals surface area (Å²) in [5.41, 5.74) is 1.52. The quantitative estimate of drug-likeness (QED) is 0.705. The van der Waals surface area contributed by atoms with E-state index in [-0.39, 0.29) is 25.2 Å². The van der Waals surface area contributed by atoms with Crippen LogP contribution in [0.15, 0.2) is 4.47 Å². The van der Waals surface area contributed by atoms with Crippen LogP contribution in [0.25, 0.3) is 0 Å². The largest absolute Gasteiger partial charge is 0.411 e. The smallest absolute Gasteiger partial charge is 0.372 e. The van der Waals surface area contributed by atoms with Crippen molar-refractivity contribution in [3.05, 3.63) is 15.9 Å². The summed E-state index contributed by atoms with van der Waals surface area (Å²) in [4.78, 5) is 11.7. The minimum absolute atomic E-state index is 0.0452. The third-order valence-electron chi connectivity index (χ3n) is 2.61. The van der Waals surface area contributed by atoms with Gasteiger partial charge in [0.25, 0.3) is 0 Å². The molecule has 8 heteroatoms. The van der Waals surface area contributed by atoms with Crippen molar-refractivity contribution in [3.63, 3.8) is 0 Å². The fraction of sp³-hybridized carbons (Fsp3) is 0.667. The van der Waals surface area contributed by atoms with Crippen molar-refractivity contribution >= 4 is 21.7 Å². The van der Waals surface area contributed by atoms with Crippen LogP contribution in [0.4, 0.5) is 13.2 Å². The van der Waals surface area contributed by atoms with E-state index < -0.39 is 12.8 Å². The highest BCUT2D eigenvalue weighted by atomic mass is 79.9. The number of halogens is 4. The predicted octanol–water partition coefficient (Wildman–Crippen LogP) is 3.05. The number of carbonyl (C=O) groups is 1. The van der Waals surface area contributed by atoms with Crippen LogP contribution in [-0.2, 0) is 22.5 Å². The van der Waals surface area contributed by atoms with Crippen LogP contribution in [-0.4, -0.2) is 35.0 Å². The highest BCUT2D eigenvalue weighted by Crippen LogP contribution is 2.22. The van der Waals surface area contributed by atoms with Gasteiger partial charge >= 0.3 is 6.18 Å². The molecule has 0 unspecified atom stereocenters. The molecule has 4 nitrogen and oxygen atoms in total. The number of aryl methyl sites for hydroxylation is 2. The molecule has 0 aromatic carbocycles. The minimum atomic E-state index is -4.36. The van der Waals surface area contributed by atoms with Crippen molar-refractivity contribution in [2.75, 3.05) is 13.2 Å². The van der Waals surface area contributed by atoms with Gasteiger partial charge < -0.3 is 4.74 Å². The summed E-state index contributed by atoms with van der Waals surface area (Å²) in [5, 5.41) is 4.25. The van der Waals surface area contributed by atoms with Gasteiger partial charge in [-0.3, -0.25) is 9.48 Å². The van der Waals surface area contributed by atoms with E-state index >= 15 is 0 Å². The number of hydrogen-bond acceptors (Lipinski definition) is 3. The van der Waals surface area contributed by atoms with Gasteiger partial charge in [-0.25, -0.2) is 0 Å². The highest BCUT2D eigenvalue weighted by molar-refractivity contribution is 9.10. The first-order chi connectivity index (χ1) is 9.24. The molecule has 0 aliphatic rings. The zero-order valence-electron chi connectivity index (χ0n) is 11.3. The Kier molecular flexibility index (Phi) is 6.19. The predicted molar refractivity (Wildman–Crippen MR) is 70.5 cm³/mol. The molecule has 20 heavy (non-hydrogen) atoms. The highest BCUT2D eigenvalue weighted by Gasteiger charge is 2.27. The number of alkyl halides is 3. The van der Waals surface area contributed by atoms with Gasteiger partial charge in [-0.1, -0.05) is 0 Å². The van der Waals surface area contributed by atoms with Gasteiger partial charge in [-0.05, 0) is 29.8 Å². The molecular formula is C12H16BrF3N2O2. The SMILES string of the molecule is CCn1nc(C)c(Br)c1CC(=O)CCOCC(F)(F)F. The van der Waals surface area contributed by atoms with E-state index in [1.807, 2.05) is 13.8 Å². The van der Waals surface area contributed by atoms with Gasteiger partial charge in [0, 0.05) is 19.4 Å². The molecular weight excluding hydrogens is 341 g/mol. The summed E-state index contributed by atoms with van der Waals surface area (Å²) in [6.07, 6.45) is -4.27. The molecule has 1 aromatic heterocycles. The number of hydrogen-bond donors (Lipinski definition) is 0. The summed E-state index contributed by atoms with van der Waals surface area (Å²) >= 11 is 3.36. The maximum Gasteiger partial charge on any atom is 0.411 e. The molecule has 0 atom stereocenters. The summed E-state index contributed by atoms with van der Waals surface area (Å²) in [5.74, 6) is -0.178. The molecule has 114 valence electrons. The molecule has 0 spiro atoms. The van der Waals surface area contributed by atoms with Crippen molar-refractivity contribution < 1.29 is 22.7 Å². The second-order valence-electron chi connectivity index (χ2n) is 4.30. The van der Waals surface area contributed by atoms with E-state index in [9.17, 15) is 18.0 Å². The number of Topliss-reactive ketones (excluding diaryl/α,β-unsaturated/α-hetero) is 1. The Morgan fingerprint density at radius 3 is 2.65 bits per heavy atom. The lowest BCUT2D eigenvalue weighted by Crippen LogP contribution is -2.19. The molecule has 0 aliphatic heterocycles.